The largest absolute Gasteiger partial charge is 0.353 e. The first-order chi connectivity index (χ1) is 9.74. The fraction of sp³-hybridized carbons (Fsp3) is 0.882. The molecule has 0 radical (unpaired) electrons. The molecule has 0 aromatic carbocycles. The van der Waals surface area contributed by atoms with Crippen LogP contribution in [0.15, 0.2) is 0 Å². The van der Waals surface area contributed by atoms with Gasteiger partial charge in [-0.05, 0) is 38.5 Å². The lowest BCUT2D eigenvalue weighted by molar-refractivity contribution is -0.137. The molecule has 0 aromatic rings. The number of nitrogens with one attached hydrogen (secondary N) is 1. The molecule has 1 amide bonds. The molecule has 2 unspecified atom stereocenters. The minimum absolute atomic E-state index is 0.103. The van der Waals surface area contributed by atoms with Gasteiger partial charge in [0, 0.05) is 23.8 Å². The molecular weight excluding hydrogens is 250 g/mol. The van der Waals surface area contributed by atoms with Crippen molar-refractivity contribution in [2.75, 3.05) is 0 Å². The second kappa shape index (κ2) is 6.28. The van der Waals surface area contributed by atoms with E-state index in [1.165, 1.54) is 32.1 Å². The van der Waals surface area contributed by atoms with Gasteiger partial charge in [-0.1, -0.05) is 32.1 Å². The van der Waals surface area contributed by atoms with Gasteiger partial charge in [-0.2, -0.15) is 0 Å². The van der Waals surface area contributed by atoms with Crippen LogP contribution >= 0.6 is 0 Å². The van der Waals surface area contributed by atoms with Crippen molar-refractivity contribution in [1.82, 2.24) is 5.32 Å². The lowest BCUT2D eigenvalue weighted by Gasteiger charge is -2.37. The van der Waals surface area contributed by atoms with E-state index in [0.29, 0.717) is 11.8 Å². The number of fused-ring (bicyclic) bond motifs is 2. The van der Waals surface area contributed by atoms with Crippen LogP contribution in [0.2, 0.25) is 0 Å². The van der Waals surface area contributed by atoms with E-state index in [1.807, 2.05) is 0 Å². The Morgan fingerprint density at radius 2 is 1.45 bits per heavy atom. The number of hydrogen-bond donors (Lipinski definition) is 1. The number of amides is 1. The Morgan fingerprint density at radius 3 is 2.05 bits per heavy atom. The quantitative estimate of drug-likeness (QED) is 0.788. The fourth-order valence-corrected chi connectivity index (χ4v) is 4.44. The van der Waals surface area contributed by atoms with Gasteiger partial charge in [0.2, 0.25) is 5.91 Å². The summed E-state index contributed by atoms with van der Waals surface area (Å²) < 4.78 is 0. The van der Waals surface area contributed by atoms with Crippen LogP contribution in [0.1, 0.15) is 70.6 Å². The SMILES string of the molecule is O=C(NC1CCCCCC1)C1CC2CCCC(C1)C2=O. The van der Waals surface area contributed by atoms with Crippen LogP contribution in [-0.4, -0.2) is 17.7 Å². The van der Waals surface area contributed by atoms with Crippen molar-refractivity contribution in [2.45, 2.75) is 76.7 Å². The molecule has 20 heavy (non-hydrogen) atoms. The van der Waals surface area contributed by atoms with Crippen molar-refractivity contribution < 1.29 is 9.59 Å². The molecule has 0 saturated heterocycles. The summed E-state index contributed by atoms with van der Waals surface area (Å²) in [6.45, 7) is 0. The summed E-state index contributed by atoms with van der Waals surface area (Å²) in [7, 11) is 0. The molecule has 0 spiro atoms. The van der Waals surface area contributed by atoms with E-state index < -0.39 is 0 Å². The summed E-state index contributed by atoms with van der Waals surface area (Å²) in [5, 5.41) is 3.28. The maximum Gasteiger partial charge on any atom is 0.223 e. The first kappa shape index (κ1) is 14.1. The first-order valence-corrected chi connectivity index (χ1v) is 8.58. The average molecular weight is 277 g/mol. The monoisotopic (exact) mass is 277 g/mol. The molecule has 0 heterocycles. The highest BCUT2D eigenvalue weighted by atomic mass is 16.2. The Bertz CT molecular complexity index is 355. The highest BCUT2D eigenvalue weighted by Crippen LogP contribution is 2.40. The van der Waals surface area contributed by atoms with Gasteiger partial charge >= 0.3 is 0 Å². The van der Waals surface area contributed by atoms with Crippen molar-refractivity contribution in [3.05, 3.63) is 0 Å². The molecule has 3 heteroatoms. The highest BCUT2D eigenvalue weighted by Gasteiger charge is 2.41. The lowest BCUT2D eigenvalue weighted by atomic mass is 9.67. The van der Waals surface area contributed by atoms with Crippen molar-refractivity contribution in [3.8, 4) is 0 Å². The third-order valence-corrected chi connectivity index (χ3v) is 5.62. The van der Waals surface area contributed by atoms with Gasteiger partial charge in [0.15, 0.2) is 0 Å². The Hall–Kier alpha value is -0.860. The van der Waals surface area contributed by atoms with Gasteiger partial charge < -0.3 is 5.32 Å². The van der Waals surface area contributed by atoms with Crippen LogP contribution in [0.3, 0.4) is 0 Å². The number of rotatable bonds is 2. The molecule has 3 saturated carbocycles. The molecule has 3 aliphatic carbocycles. The zero-order chi connectivity index (χ0) is 13.9. The molecule has 0 aliphatic heterocycles. The molecule has 3 fully saturated rings. The predicted molar refractivity (Wildman–Crippen MR) is 78.2 cm³/mol. The maximum absolute atomic E-state index is 12.5. The van der Waals surface area contributed by atoms with Crippen LogP contribution in [-0.2, 0) is 9.59 Å². The average Bonchev–Trinajstić information content (AvgIpc) is 2.67. The van der Waals surface area contributed by atoms with Crippen LogP contribution in [0.4, 0.5) is 0 Å². The summed E-state index contributed by atoms with van der Waals surface area (Å²) in [5.41, 5.74) is 0. The number of Topliss-reactive ketones (excluding diaryl/α,β-unsaturated/α-hetero) is 1. The van der Waals surface area contributed by atoms with E-state index in [-0.39, 0.29) is 23.7 Å². The van der Waals surface area contributed by atoms with Crippen molar-refractivity contribution >= 4 is 11.7 Å². The Balaban J connectivity index is 1.56. The van der Waals surface area contributed by atoms with Crippen LogP contribution in [0, 0.1) is 17.8 Å². The third kappa shape index (κ3) is 3.07. The number of ketones is 1. The van der Waals surface area contributed by atoms with Crippen LogP contribution in [0.5, 0.6) is 0 Å². The molecule has 112 valence electrons. The zero-order valence-electron chi connectivity index (χ0n) is 12.4. The summed E-state index contributed by atoms with van der Waals surface area (Å²) in [6, 6.07) is 0.391. The molecule has 3 aliphatic rings. The fourth-order valence-electron chi connectivity index (χ4n) is 4.44. The molecule has 1 N–H and O–H groups in total. The van der Waals surface area contributed by atoms with E-state index >= 15 is 0 Å². The van der Waals surface area contributed by atoms with Gasteiger partial charge in [0.05, 0.1) is 0 Å². The molecule has 0 aromatic heterocycles. The Morgan fingerprint density at radius 1 is 0.850 bits per heavy atom. The Labute approximate surface area is 121 Å². The standard InChI is InChI=1S/C17H27NO2/c19-16-12-6-5-7-13(16)11-14(10-12)17(20)18-15-8-3-1-2-4-9-15/h12-15H,1-11H2,(H,18,20). The van der Waals surface area contributed by atoms with Crippen LogP contribution < -0.4 is 5.32 Å². The van der Waals surface area contributed by atoms with Crippen molar-refractivity contribution in [3.63, 3.8) is 0 Å². The normalized spacial score (nSPS) is 35.4. The molecule has 2 atom stereocenters. The molecular formula is C17H27NO2. The molecule has 2 bridgehead atoms. The summed E-state index contributed by atoms with van der Waals surface area (Å²) in [6.07, 6.45) is 12.3. The van der Waals surface area contributed by atoms with Crippen molar-refractivity contribution in [1.29, 1.82) is 0 Å². The topological polar surface area (TPSA) is 46.2 Å². The smallest absolute Gasteiger partial charge is 0.223 e. The van der Waals surface area contributed by atoms with Gasteiger partial charge in [-0.15, -0.1) is 0 Å². The molecule has 3 rings (SSSR count). The second-order valence-corrected chi connectivity index (χ2v) is 7.09. The van der Waals surface area contributed by atoms with E-state index in [1.54, 1.807) is 0 Å². The maximum atomic E-state index is 12.5. The Kier molecular flexibility index (Phi) is 4.42. The number of carbonyl (C=O) groups is 2. The van der Waals surface area contributed by atoms with Gasteiger partial charge in [0.25, 0.3) is 0 Å². The number of carbonyl (C=O) groups excluding carboxylic acids is 2. The molecule has 3 nitrogen and oxygen atoms in total. The minimum Gasteiger partial charge on any atom is -0.353 e. The highest BCUT2D eigenvalue weighted by molar-refractivity contribution is 5.88. The van der Waals surface area contributed by atoms with Gasteiger partial charge in [0.1, 0.15) is 5.78 Å². The predicted octanol–water partition coefficient (Wildman–Crippen LogP) is 3.22. The third-order valence-electron chi connectivity index (χ3n) is 5.62. The number of hydrogen-bond acceptors (Lipinski definition) is 2. The van der Waals surface area contributed by atoms with E-state index in [2.05, 4.69) is 5.32 Å². The lowest BCUT2D eigenvalue weighted by Crippen LogP contribution is -2.45. The van der Waals surface area contributed by atoms with Crippen molar-refractivity contribution in [2.24, 2.45) is 17.8 Å². The minimum atomic E-state index is 0.103. The summed E-state index contributed by atoms with van der Waals surface area (Å²) >= 11 is 0. The summed E-state index contributed by atoms with van der Waals surface area (Å²) in [5.74, 6) is 1.17. The zero-order valence-corrected chi connectivity index (χ0v) is 12.4. The van der Waals surface area contributed by atoms with E-state index in [4.69, 9.17) is 0 Å². The van der Waals surface area contributed by atoms with E-state index in [9.17, 15) is 9.59 Å². The second-order valence-electron chi connectivity index (χ2n) is 7.09. The van der Waals surface area contributed by atoms with E-state index in [0.717, 1.165) is 38.5 Å². The van der Waals surface area contributed by atoms with Crippen LogP contribution in [0.25, 0.3) is 0 Å². The van der Waals surface area contributed by atoms with Gasteiger partial charge in [-0.3, -0.25) is 9.59 Å². The first-order valence-electron chi connectivity index (χ1n) is 8.58. The van der Waals surface area contributed by atoms with Gasteiger partial charge in [-0.25, -0.2) is 0 Å². The summed E-state index contributed by atoms with van der Waals surface area (Å²) in [4.78, 5) is 24.6.